The fraction of sp³-hybridized carbons (Fsp3) is 0.312. The van der Waals surface area contributed by atoms with Gasteiger partial charge < -0.3 is 24.6 Å². The zero-order valence-electron chi connectivity index (χ0n) is 13.2. The van der Waals surface area contributed by atoms with Crippen molar-refractivity contribution in [3.8, 4) is 17.2 Å². The second kappa shape index (κ2) is 7.46. The zero-order chi connectivity index (χ0) is 18.7. The SMILES string of the molecule is OC(CNc1ncc(C(F)(F)F)cc1Cl)COc1ccc2c(c1)OCO2. The summed E-state index contributed by atoms with van der Waals surface area (Å²) < 4.78 is 53.5. The van der Waals surface area contributed by atoms with Crippen LogP contribution in [0.5, 0.6) is 17.2 Å². The fourth-order valence-electron chi connectivity index (χ4n) is 2.16. The number of hydrogen-bond acceptors (Lipinski definition) is 6. The van der Waals surface area contributed by atoms with Crippen molar-refractivity contribution in [1.82, 2.24) is 4.98 Å². The van der Waals surface area contributed by atoms with Crippen molar-refractivity contribution in [2.75, 3.05) is 25.3 Å². The molecule has 140 valence electrons. The standard InChI is InChI=1S/C16H14ClF3N2O4/c17-12-3-9(16(18,19)20)5-21-15(12)22-6-10(23)7-24-11-1-2-13-14(4-11)26-8-25-13/h1-5,10,23H,6-8H2,(H,21,22). The van der Waals surface area contributed by atoms with Crippen molar-refractivity contribution in [2.24, 2.45) is 0 Å². The second-order valence-electron chi connectivity index (χ2n) is 5.41. The van der Waals surface area contributed by atoms with Crippen molar-refractivity contribution >= 4 is 17.4 Å². The highest BCUT2D eigenvalue weighted by molar-refractivity contribution is 6.32. The molecule has 3 rings (SSSR count). The van der Waals surface area contributed by atoms with Gasteiger partial charge in [0.1, 0.15) is 24.3 Å². The third-order valence-electron chi connectivity index (χ3n) is 3.46. The molecule has 1 unspecified atom stereocenters. The smallest absolute Gasteiger partial charge is 0.417 e. The van der Waals surface area contributed by atoms with E-state index in [1.165, 1.54) is 0 Å². The number of nitrogens with one attached hydrogen (secondary N) is 1. The first-order chi connectivity index (χ1) is 12.3. The molecule has 0 bridgehead atoms. The van der Waals surface area contributed by atoms with E-state index in [0.717, 1.165) is 6.07 Å². The summed E-state index contributed by atoms with van der Waals surface area (Å²) in [6.07, 6.45) is -4.79. The van der Waals surface area contributed by atoms with Crippen molar-refractivity contribution in [1.29, 1.82) is 0 Å². The molecule has 26 heavy (non-hydrogen) atoms. The van der Waals surface area contributed by atoms with Crippen molar-refractivity contribution in [3.05, 3.63) is 41.0 Å². The average Bonchev–Trinajstić information content (AvgIpc) is 3.05. The number of aliphatic hydroxyl groups is 1. The molecule has 1 aromatic heterocycles. The van der Waals surface area contributed by atoms with E-state index in [1.807, 2.05) is 0 Å². The molecule has 1 aliphatic heterocycles. The lowest BCUT2D eigenvalue weighted by atomic mass is 10.2. The molecule has 2 heterocycles. The van der Waals surface area contributed by atoms with Crippen LogP contribution in [0.2, 0.25) is 5.02 Å². The van der Waals surface area contributed by atoms with E-state index < -0.39 is 17.8 Å². The van der Waals surface area contributed by atoms with Crippen molar-refractivity contribution in [2.45, 2.75) is 12.3 Å². The molecule has 6 nitrogen and oxygen atoms in total. The number of alkyl halides is 3. The van der Waals surface area contributed by atoms with Crippen LogP contribution in [0.25, 0.3) is 0 Å². The molecule has 0 saturated heterocycles. The van der Waals surface area contributed by atoms with Crippen LogP contribution in [0.15, 0.2) is 30.5 Å². The minimum atomic E-state index is -4.52. The summed E-state index contributed by atoms with van der Waals surface area (Å²) >= 11 is 5.78. The van der Waals surface area contributed by atoms with E-state index in [1.54, 1.807) is 18.2 Å². The number of rotatable bonds is 6. The number of halogens is 4. The highest BCUT2D eigenvalue weighted by Gasteiger charge is 2.31. The molecule has 0 fully saturated rings. The number of hydrogen-bond donors (Lipinski definition) is 2. The van der Waals surface area contributed by atoms with Gasteiger partial charge in [0.05, 0.1) is 10.6 Å². The summed E-state index contributed by atoms with van der Waals surface area (Å²) in [5.74, 6) is 1.69. The van der Waals surface area contributed by atoms with Gasteiger partial charge in [0, 0.05) is 18.8 Å². The highest BCUT2D eigenvalue weighted by atomic mass is 35.5. The third kappa shape index (κ3) is 4.41. The molecule has 0 spiro atoms. The maximum Gasteiger partial charge on any atom is 0.417 e. The molecule has 10 heteroatoms. The summed E-state index contributed by atoms with van der Waals surface area (Å²) in [4.78, 5) is 3.63. The van der Waals surface area contributed by atoms with Crippen LogP contribution in [0.1, 0.15) is 5.56 Å². The fourth-order valence-corrected chi connectivity index (χ4v) is 2.39. The van der Waals surface area contributed by atoms with E-state index in [4.69, 9.17) is 25.8 Å². The third-order valence-corrected chi connectivity index (χ3v) is 3.75. The van der Waals surface area contributed by atoms with E-state index >= 15 is 0 Å². The molecule has 2 aromatic rings. The van der Waals surface area contributed by atoms with Crippen molar-refractivity contribution < 1.29 is 32.5 Å². The Hall–Kier alpha value is -2.39. The Morgan fingerprint density at radius 2 is 2.04 bits per heavy atom. The van der Waals surface area contributed by atoms with Crippen molar-refractivity contribution in [3.63, 3.8) is 0 Å². The van der Waals surface area contributed by atoms with Gasteiger partial charge in [-0.3, -0.25) is 0 Å². The number of fused-ring (bicyclic) bond motifs is 1. The molecule has 0 saturated carbocycles. The van der Waals surface area contributed by atoms with Gasteiger partial charge in [-0.15, -0.1) is 0 Å². The molecule has 1 aliphatic rings. The summed E-state index contributed by atoms with van der Waals surface area (Å²) in [6.45, 7) is 0.0831. The monoisotopic (exact) mass is 390 g/mol. The van der Waals surface area contributed by atoms with Crippen LogP contribution in [0.3, 0.4) is 0 Å². The molecular formula is C16H14ClF3N2O4. The number of anilines is 1. The molecule has 0 aliphatic carbocycles. The normalized spacial score (nSPS) is 14.2. The summed E-state index contributed by atoms with van der Waals surface area (Å²) in [6, 6.07) is 5.76. The van der Waals surface area contributed by atoms with Gasteiger partial charge in [0.25, 0.3) is 0 Å². The zero-order valence-corrected chi connectivity index (χ0v) is 14.0. The van der Waals surface area contributed by atoms with Crippen LogP contribution >= 0.6 is 11.6 Å². The Morgan fingerprint density at radius 1 is 1.27 bits per heavy atom. The number of nitrogens with zero attached hydrogens (tertiary/aromatic N) is 1. The maximum atomic E-state index is 12.6. The highest BCUT2D eigenvalue weighted by Crippen LogP contribution is 2.35. The molecule has 2 N–H and O–H groups in total. The Bertz CT molecular complexity index is 789. The predicted octanol–water partition coefficient (Wildman–Crippen LogP) is 3.33. The molecule has 1 aromatic carbocycles. The van der Waals surface area contributed by atoms with E-state index in [-0.39, 0.29) is 30.8 Å². The number of pyridine rings is 1. The van der Waals surface area contributed by atoms with Gasteiger partial charge in [-0.25, -0.2) is 4.98 Å². The van der Waals surface area contributed by atoms with E-state index in [0.29, 0.717) is 23.4 Å². The Morgan fingerprint density at radius 3 is 2.77 bits per heavy atom. The summed E-state index contributed by atoms with van der Waals surface area (Å²) in [7, 11) is 0. The number of ether oxygens (including phenoxy) is 3. The minimum absolute atomic E-state index is 0.0113. The quantitative estimate of drug-likeness (QED) is 0.788. The lowest BCUT2D eigenvalue weighted by Crippen LogP contribution is -2.26. The number of benzene rings is 1. The van der Waals surface area contributed by atoms with Crippen LogP contribution in [0, 0.1) is 0 Å². The molecule has 0 radical (unpaired) electrons. The van der Waals surface area contributed by atoms with Gasteiger partial charge in [0.15, 0.2) is 11.5 Å². The predicted molar refractivity (Wildman–Crippen MR) is 86.8 cm³/mol. The largest absolute Gasteiger partial charge is 0.491 e. The van der Waals surface area contributed by atoms with Gasteiger partial charge in [-0.1, -0.05) is 11.6 Å². The van der Waals surface area contributed by atoms with Crippen LogP contribution < -0.4 is 19.5 Å². The van der Waals surface area contributed by atoms with Gasteiger partial charge in [-0.2, -0.15) is 13.2 Å². The number of aromatic nitrogens is 1. The molecule has 1 atom stereocenters. The second-order valence-corrected chi connectivity index (χ2v) is 5.82. The average molecular weight is 391 g/mol. The van der Waals surface area contributed by atoms with E-state index in [9.17, 15) is 18.3 Å². The Kier molecular flexibility index (Phi) is 5.28. The minimum Gasteiger partial charge on any atom is -0.491 e. The lowest BCUT2D eigenvalue weighted by molar-refractivity contribution is -0.137. The first-order valence-corrected chi connectivity index (χ1v) is 7.88. The van der Waals surface area contributed by atoms with Crippen LogP contribution in [-0.4, -0.2) is 36.1 Å². The van der Waals surface area contributed by atoms with Gasteiger partial charge in [-0.05, 0) is 18.2 Å². The summed E-state index contributed by atoms with van der Waals surface area (Å²) in [5, 5.41) is 12.4. The first kappa shape index (κ1) is 18.4. The van der Waals surface area contributed by atoms with Gasteiger partial charge >= 0.3 is 6.18 Å². The topological polar surface area (TPSA) is 72.8 Å². The van der Waals surface area contributed by atoms with Crippen LogP contribution in [-0.2, 0) is 6.18 Å². The molecular weight excluding hydrogens is 377 g/mol. The van der Waals surface area contributed by atoms with Gasteiger partial charge in [0.2, 0.25) is 6.79 Å². The van der Waals surface area contributed by atoms with Crippen LogP contribution in [0.4, 0.5) is 19.0 Å². The Balaban J connectivity index is 1.50. The molecule has 0 amide bonds. The number of aliphatic hydroxyl groups excluding tert-OH is 1. The summed E-state index contributed by atoms with van der Waals surface area (Å²) in [5.41, 5.74) is -0.945. The Labute approximate surface area is 151 Å². The maximum absolute atomic E-state index is 12.6. The van der Waals surface area contributed by atoms with E-state index in [2.05, 4.69) is 10.3 Å². The first-order valence-electron chi connectivity index (χ1n) is 7.50. The lowest BCUT2D eigenvalue weighted by Gasteiger charge is -2.15.